The van der Waals surface area contributed by atoms with Crippen LogP contribution in [0.15, 0.2) is 36.7 Å². The van der Waals surface area contributed by atoms with Gasteiger partial charge in [-0.2, -0.15) is 0 Å². The SMILES string of the molecule is O=C(O)c1cnc(C(=O)Nc2ccc(OC3CCOC3)cc2)cn1. The van der Waals surface area contributed by atoms with Crippen molar-refractivity contribution in [3.63, 3.8) is 0 Å². The molecule has 8 nitrogen and oxygen atoms in total. The normalized spacial score (nSPS) is 16.6. The van der Waals surface area contributed by atoms with Crippen molar-refractivity contribution in [1.82, 2.24) is 9.97 Å². The van der Waals surface area contributed by atoms with Crippen LogP contribution in [-0.2, 0) is 4.74 Å². The Kier molecular flexibility index (Phi) is 4.66. The Morgan fingerprint density at radius 2 is 1.88 bits per heavy atom. The van der Waals surface area contributed by atoms with Gasteiger partial charge in [-0.05, 0) is 24.3 Å². The van der Waals surface area contributed by atoms with E-state index in [1.807, 2.05) is 0 Å². The molecule has 0 spiro atoms. The number of anilines is 1. The number of amides is 1. The van der Waals surface area contributed by atoms with E-state index in [-0.39, 0.29) is 17.5 Å². The van der Waals surface area contributed by atoms with Gasteiger partial charge in [-0.25, -0.2) is 14.8 Å². The zero-order chi connectivity index (χ0) is 16.9. The minimum Gasteiger partial charge on any atom is -0.488 e. The van der Waals surface area contributed by atoms with Crippen molar-refractivity contribution in [2.75, 3.05) is 18.5 Å². The van der Waals surface area contributed by atoms with Crippen molar-refractivity contribution in [2.45, 2.75) is 12.5 Å². The van der Waals surface area contributed by atoms with E-state index in [2.05, 4.69) is 15.3 Å². The second-order valence-electron chi connectivity index (χ2n) is 5.17. The fourth-order valence-electron chi connectivity index (χ4n) is 2.17. The second-order valence-corrected chi connectivity index (χ2v) is 5.17. The number of nitrogens with zero attached hydrogens (tertiary/aromatic N) is 2. The van der Waals surface area contributed by atoms with E-state index in [9.17, 15) is 9.59 Å². The summed E-state index contributed by atoms with van der Waals surface area (Å²) >= 11 is 0. The number of carbonyl (C=O) groups is 2. The topological polar surface area (TPSA) is 111 Å². The summed E-state index contributed by atoms with van der Waals surface area (Å²) in [4.78, 5) is 30.2. The summed E-state index contributed by atoms with van der Waals surface area (Å²) in [7, 11) is 0. The predicted octanol–water partition coefficient (Wildman–Crippen LogP) is 1.59. The van der Waals surface area contributed by atoms with Gasteiger partial charge in [-0.3, -0.25) is 4.79 Å². The van der Waals surface area contributed by atoms with Crippen molar-refractivity contribution in [1.29, 1.82) is 0 Å². The van der Waals surface area contributed by atoms with Gasteiger partial charge >= 0.3 is 5.97 Å². The van der Waals surface area contributed by atoms with Crippen LogP contribution >= 0.6 is 0 Å². The van der Waals surface area contributed by atoms with E-state index in [1.165, 1.54) is 0 Å². The third-order valence-corrected chi connectivity index (χ3v) is 3.41. The summed E-state index contributed by atoms with van der Waals surface area (Å²) in [6.45, 7) is 1.30. The van der Waals surface area contributed by atoms with Crippen molar-refractivity contribution < 1.29 is 24.2 Å². The lowest BCUT2D eigenvalue weighted by Crippen LogP contribution is -2.16. The average Bonchev–Trinajstić information content (AvgIpc) is 3.09. The number of aromatic carboxylic acids is 1. The summed E-state index contributed by atoms with van der Waals surface area (Å²) in [6.07, 6.45) is 3.09. The molecule has 1 amide bonds. The van der Waals surface area contributed by atoms with E-state index in [1.54, 1.807) is 24.3 Å². The molecule has 124 valence electrons. The lowest BCUT2D eigenvalue weighted by molar-refractivity contribution is 0.0689. The lowest BCUT2D eigenvalue weighted by atomic mass is 10.2. The van der Waals surface area contributed by atoms with Gasteiger partial charge in [-0.15, -0.1) is 0 Å². The van der Waals surface area contributed by atoms with Crippen LogP contribution in [0.2, 0.25) is 0 Å². The summed E-state index contributed by atoms with van der Waals surface area (Å²) in [5.41, 5.74) is 0.381. The third-order valence-electron chi connectivity index (χ3n) is 3.41. The van der Waals surface area contributed by atoms with Crippen LogP contribution in [0.25, 0.3) is 0 Å². The van der Waals surface area contributed by atoms with Gasteiger partial charge in [0, 0.05) is 12.1 Å². The summed E-state index contributed by atoms with van der Waals surface area (Å²) < 4.78 is 11.0. The molecule has 8 heteroatoms. The second kappa shape index (κ2) is 7.05. The Labute approximate surface area is 137 Å². The standard InChI is InChI=1S/C16H15N3O5/c20-15(13-7-18-14(8-17-13)16(21)22)19-10-1-3-11(4-2-10)24-12-5-6-23-9-12/h1-4,7-8,12H,5-6,9H2,(H,19,20)(H,21,22). The molecule has 1 saturated heterocycles. The molecule has 1 atom stereocenters. The van der Waals surface area contributed by atoms with E-state index >= 15 is 0 Å². The molecule has 1 aromatic carbocycles. The Morgan fingerprint density at radius 3 is 2.46 bits per heavy atom. The van der Waals surface area contributed by atoms with Gasteiger partial charge in [0.15, 0.2) is 5.69 Å². The monoisotopic (exact) mass is 329 g/mol. The molecular formula is C16H15N3O5. The molecular weight excluding hydrogens is 314 g/mol. The van der Waals surface area contributed by atoms with Gasteiger partial charge in [-0.1, -0.05) is 0 Å². The number of benzene rings is 1. The number of ether oxygens (including phenoxy) is 2. The maximum atomic E-state index is 12.1. The largest absolute Gasteiger partial charge is 0.488 e. The van der Waals surface area contributed by atoms with Crippen molar-refractivity contribution in [3.8, 4) is 5.75 Å². The Bertz CT molecular complexity index is 724. The molecule has 2 aromatic rings. The Morgan fingerprint density at radius 1 is 1.17 bits per heavy atom. The van der Waals surface area contributed by atoms with Crippen molar-refractivity contribution in [2.24, 2.45) is 0 Å². The number of carbonyl (C=O) groups excluding carboxylic acids is 1. The van der Waals surface area contributed by atoms with Gasteiger partial charge in [0.2, 0.25) is 0 Å². The minimum absolute atomic E-state index is 0.0310. The quantitative estimate of drug-likeness (QED) is 0.857. The first-order valence-electron chi connectivity index (χ1n) is 7.33. The van der Waals surface area contributed by atoms with E-state index in [0.29, 0.717) is 24.7 Å². The number of carboxylic acid groups (broad SMARTS) is 1. The molecule has 24 heavy (non-hydrogen) atoms. The fraction of sp³-hybridized carbons (Fsp3) is 0.250. The number of hydrogen-bond acceptors (Lipinski definition) is 6. The molecule has 3 rings (SSSR count). The van der Waals surface area contributed by atoms with Gasteiger partial charge in [0.1, 0.15) is 17.5 Å². The highest BCUT2D eigenvalue weighted by molar-refractivity contribution is 6.02. The highest BCUT2D eigenvalue weighted by atomic mass is 16.5. The highest BCUT2D eigenvalue weighted by Crippen LogP contribution is 2.19. The Balaban J connectivity index is 1.60. The van der Waals surface area contributed by atoms with E-state index in [4.69, 9.17) is 14.6 Å². The molecule has 2 N–H and O–H groups in total. The first-order chi connectivity index (χ1) is 11.6. The molecule has 0 bridgehead atoms. The molecule has 0 aliphatic carbocycles. The Hall–Kier alpha value is -3.00. The molecule has 0 saturated carbocycles. The van der Waals surface area contributed by atoms with Gasteiger partial charge in [0.05, 0.1) is 25.6 Å². The summed E-state index contributed by atoms with van der Waals surface area (Å²) in [5.74, 6) is -0.968. The van der Waals surface area contributed by atoms with Crippen LogP contribution in [0.3, 0.4) is 0 Å². The highest BCUT2D eigenvalue weighted by Gasteiger charge is 2.17. The first-order valence-corrected chi connectivity index (χ1v) is 7.33. The number of rotatable bonds is 5. The number of hydrogen-bond donors (Lipinski definition) is 2. The van der Waals surface area contributed by atoms with Crippen molar-refractivity contribution in [3.05, 3.63) is 48.0 Å². The summed E-state index contributed by atoms with van der Waals surface area (Å²) in [6, 6.07) is 6.93. The molecule has 0 radical (unpaired) electrons. The number of carboxylic acids is 1. The van der Waals surface area contributed by atoms with Crippen LogP contribution in [0, 0.1) is 0 Å². The fourth-order valence-corrected chi connectivity index (χ4v) is 2.17. The number of aromatic nitrogens is 2. The van der Waals surface area contributed by atoms with E-state index in [0.717, 1.165) is 18.8 Å². The molecule has 1 unspecified atom stereocenters. The predicted molar refractivity (Wildman–Crippen MR) is 83.2 cm³/mol. The lowest BCUT2D eigenvalue weighted by Gasteiger charge is -2.12. The number of nitrogens with one attached hydrogen (secondary N) is 1. The molecule has 1 aromatic heterocycles. The molecule has 2 heterocycles. The zero-order valence-electron chi connectivity index (χ0n) is 12.6. The maximum Gasteiger partial charge on any atom is 0.356 e. The van der Waals surface area contributed by atoms with Crippen molar-refractivity contribution >= 4 is 17.6 Å². The van der Waals surface area contributed by atoms with Gasteiger partial charge in [0.25, 0.3) is 5.91 Å². The minimum atomic E-state index is -1.20. The summed E-state index contributed by atoms with van der Waals surface area (Å²) in [5, 5.41) is 11.4. The van der Waals surface area contributed by atoms with Crippen LogP contribution in [0.1, 0.15) is 27.4 Å². The van der Waals surface area contributed by atoms with Gasteiger partial charge < -0.3 is 19.9 Å². The molecule has 1 aliphatic rings. The van der Waals surface area contributed by atoms with E-state index < -0.39 is 11.9 Å². The molecule has 1 fully saturated rings. The maximum absolute atomic E-state index is 12.1. The van der Waals surface area contributed by atoms with Crippen LogP contribution in [-0.4, -0.2) is 46.3 Å². The third kappa shape index (κ3) is 3.85. The zero-order valence-corrected chi connectivity index (χ0v) is 12.6. The first kappa shape index (κ1) is 15.9. The van der Waals surface area contributed by atoms with Crippen LogP contribution in [0.5, 0.6) is 5.75 Å². The average molecular weight is 329 g/mol. The smallest absolute Gasteiger partial charge is 0.356 e. The molecule has 1 aliphatic heterocycles. The van der Waals surface area contributed by atoms with Crippen LogP contribution in [0.4, 0.5) is 5.69 Å². The van der Waals surface area contributed by atoms with Crippen LogP contribution < -0.4 is 10.1 Å².